The Hall–Kier alpha value is -0.610. The fourth-order valence-electron chi connectivity index (χ4n) is 2.13. The van der Waals surface area contributed by atoms with Crippen LogP contribution in [-0.4, -0.2) is 25.7 Å². The van der Waals surface area contributed by atoms with Crippen molar-refractivity contribution >= 4 is 21.6 Å². The minimum Gasteiger partial charge on any atom is -0.370 e. The lowest BCUT2D eigenvalue weighted by Crippen LogP contribution is -2.32. The van der Waals surface area contributed by atoms with E-state index in [0.717, 1.165) is 31.7 Å². The Labute approximate surface area is 104 Å². The summed E-state index contributed by atoms with van der Waals surface area (Å²) in [6.07, 6.45) is 1.16. The molecule has 0 aromatic heterocycles. The summed E-state index contributed by atoms with van der Waals surface area (Å²) in [4.78, 5) is 2.29. The largest absolute Gasteiger partial charge is 0.370 e. The lowest BCUT2D eigenvalue weighted by atomic mass is 10.2. The molecule has 2 nitrogen and oxygen atoms in total. The van der Waals surface area contributed by atoms with Crippen molar-refractivity contribution in [2.24, 2.45) is 0 Å². The Balaban J connectivity index is 2.05. The smallest absolute Gasteiger partial charge is 0.137 e. The quantitative estimate of drug-likeness (QED) is 0.919. The van der Waals surface area contributed by atoms with E-state index < -0.39 is 0 Å². The zero-order valence-electron chi connectivity index (χ0n) is 9.34. The summed E-state index contributed by atoms with van der Waals surface area (Å²) in [6.45, 7) is 5.17. The van der Waals surface area contributed by atoms with Crippen LogP contribution in [0.3, 0.4) is 0 Å². The van der Waals surface area contributed by atoms with E-state index in [1.54, 1.807) is 0 Å². The molecule has 88 valence electrons. The second kappa shape index (κ2) is 5.15. The summed E-state index contributed by atoms with van der Waals surface area (Å²) in [5, 5.41) is 3.44. The number of nitrogens with one attached hydrogen (secondary N) is 1. The van der Waals surface area contributed by atoms with Gasteiger partial charge in [0, 0.05) is 24.8 Å². The minimum atomic E-state index is -0.203. The third-order valence-electron chi connectivity index (χ3n) is 2.95. The SMILES string of the molecule is CCNC1CCN(c2ccc(F)c(Br)c2)C1. The van der Waals surface area contributed by atoms with E-state index in [2.05, 4.69) is 33.1 Å². The van der Waals surface area contributed by atoms with Gasteiger partial charge in [-0.2, -0.15) is 0 Å². The van der Waals surface area contributed by atoms with Crippen molar-refractivity contribution in [3.05, 3.63) is 28.5 Å². The van der Waals surface area contributed by atoms with Crippen molar-refractivity contribution in [3.63, 3.8) is 0 Å². The van der Waals surface area contributed by atoms with Crippen molar-refractivity contribution in [2.45, 2.75) is 19.4 Å². The van der Waals surface area contributed by atoms with Crippen LogP contribution < -0.4 is 10.2 Å². The summed E-state index contributed by atoms with van der Waals surface area (Å²) >= 11 is 3.22. The summed E-state index contributed by atoms with van der Waals surface area (Å²) in [7, 11) is 0. The highest BCUT2D eigenvalue weighted by Gasteiger charge is 2.21. The molecule has 0 bridgehead atoms. The Morgan fingerprint density at radius 3 is 3.06 bits per heavy atom. The number of anilines is 1. The van der Waals surface area contributed by atoms with Gasteiger partial charge in [0.05, 0.1) is 4.47 Å². The molecule has 1 aromatic carbocycles. The van der Waals surface area contributed by atoms with Gasteiger partial charge in [0.15, 0.2) is 0 Å². The number of hydrogen-bond acceptors (Lipinski definition) is 2. The molecule has 0 aliphatic carbocycles. The van der Waals surface area contributed by atoms with Gasteiger partial charge in [-0.3, -0.25) is 0 Å². The van der Waals surface area contributed by atoms with E-state index in [-0.39, 0.29) is 5.82 Å². The predicted molar refractivity (Wildman–Crippen MR) is 68.4 cm³/mol. The monoisotopic (exact) mass is 286 g/mol. The number of nitrogens with zero attached hydrogens (tertiary/aromatic N) is 1. The first-order valence-corrected chi connectivity index (χ1v) is 6.43. The molecule has 1 aliphatic rings. The van der Waals surface area contributed by atoms with Gasteiger partial charge < -0.3 is 10.2 Å². The maximum atomic E-state index is 13.1. The fraction of sp³-hybridized carbons (Fsp3) is 0.500. The summed E-state index contributed by atoms with van der Waals surface area (Å²) in [5.74, 6) is -0.203. The second-order valence-electron chi connectivity index (χ2n) is 4.09. The Kier molecular flexibility index (Phi) is 3.82. The second-order valence-corrected chi connectivity index (χ2v) is 4.94. The van der Waals surface area contributed by atoms with E-state index >= 15 is 0 Å². The first kappa shape index (κ1) is 11.9. The molecule has 16 heavy (non-hydrogen) atoms. The molecular formula is C12H16BrFN2. The zero-order chi connectivity index (χ0) is 11.5. The zero-order valence-corrected chi connectivity index (χ0v) is 10.9. The van der Waals surface area contributed by atoms with Crippen LogP contribution in [0.5, 0.6) is 0 Å². The van der Waals surface area contributed by atoms with Gasteiger partial charge in [-0.05, 0) is 47.1 Å². The van der Waals surface area contributed by atoms with Crippen LogP contribution in [0.25, 0.3) is 0 Å². The van der Waals surface area contributed by atoms with E-state index in [0.29, 0.717) is 10.5 Å². The third-order valence-corrected chi connectivity index (χ3v) is 3.56. The highest BCUT2D eigenvalue weighted by molar-refractivity contribution is 9.10. The van der Waals surface area contributed by atoms with Crippen molar-refractivity contribution in [1.82, 2.24) is 5.32 Å². The summed E-state index contributed by atoms with van der Waals surface area (Å²) in [5.41, 5.74) is 1.09. The molecule has 1 saturated heterocycles. The Morgan fingerprint density at radius 2 is 2.38 bits per heavy atom. The normalized spacial score (nSPS) is 20.4. The van der Waals surface area contributed by atoms with Gasteiger partial charge in [0.2, 0.25) is 0 Å². The summed E-state index contributed by atoms with van der Waals surface area (Å²) < 4.78 is 13.6. The number of rotatable bonds is 3. The topological polar surface area (TPSA) is 15.3 Å². The molecular weight excluding hydrogens is 271 g/mol. The van der Waals surface area contributed by atoms with Crippen LogP contribution in [0.4, 0.5) is 10.1 Å². The Morgan fingerprint density at radius 1 is 1.56 bits per heavy atom. The molecule has 1 heterocycles. The molecule has 1 aromatic rings. The van der Waals surface area contributed by atoms with Crippen molar-refractivity contribution in [2.75, 3.05) is 24.5 Å². The maximum absolute atomic E-state index is 13.1. The summed E-state index contributed by atoms with van der Waals surface area (Å²) in [6, 6.07) is 5.77. The molecule has 2 rings (SSSR count). The fourth-order valence-corrected chi connectivity index (χ4v) is 2.50. The molecule has 1 fully saturated rings. The van der Waals surface area contributed by atoms with Crippen LogP contribution in [0, 0.1) is 5.82 Å². The third kappa shape index (κ3) is 2.55. The molecule has 0 amide bonds. The number of benzene rings is 1. The number of likely N-dealkylation sites (N-methyl/N-ethyl adjacent to an activating group) is 1. The molecule has 0 radical (unpaired) electrons. The lowest BCUT2D eigenvalue weighted by molar-refractivity contribution is 0.572. The van der Waals surface area contributed by atoms with Crippen LogP contribution in [0.15, 0.2) is 22.7 Å². The van der Waals surface area contributed by atoms with Gasteiger partial charge in [0.1, 0.15) is 5.82 Å². The maximum Gasteiger partial charge on any atom is 0.137 e. The molecule has 1 N–H and O–H groups in total. The minimum absolute atomic E-state index is 0.203. The average molecular weight is 287 g/mol. The van der Waals surface area contributed by atoms with Crippen molar-refractivity contribution in [3.8, 4) is 0 Å². The van der Waals surface area contributed by atoms with Gasteiger partial charge in [-0.1, -0.05) is 6.92 Å². The van der Waals surface area contributed by atoms with Crippen LogP contribution in [0.1, 0.15) is 13.3 Å². The molecule has 1 atom stereocenters. The van der Waals surface area contributed by atoms with E-state index in [9.17, 15) is 4.39 Å². The molecule has 1 unspecified atom stereocenters. The first-order valence-electron chi connectivity index (χ1n) is 5.64. The first-order chi connectivity index (χ1) is 7.70. The van der Waals surface area contributed by atoms with Gasteiger partial charge in [-0.25, -0.2) is 4.39 Å². The van der Waals surface area contributed by atoms with E-state index in [4.69, 9.17) is 0 Å². The standard InChI is InChI=1S/C12H16BrFN2/c1-2-15-9-5-6-16(8-9)10-3-4-12(14)11(13)7-10/h3-4,7,9,15H,2,5-6,8H2,1H3. The molecule has 0 spiro atoms. The van der Waals surface area contributed by atoms with Gasteiger partial charge >= 0.3 is 0 Å². The van der Waals surface area contributed by atoms with Crippen molar-refractivity contribution < 1.29 is 4.39 Å². The van der Waals surface area contributed by atoms with Crippen molar-refractivity contribution in [1.29, 1.82) is 0 Å². The number of halogens is 2. The Bertz CT molecular complexity index is 370. The van der Waals surface area contributed by atoms with Gasteiger partial charge in [-0.15, -0.1) is 0 Å². The predicted octanol–water partition coefficient (Wildman–Crippen LogP) is 2.78. The van der Waals surface area contributed by atoms with Crippen LogP contribution in [0.2, 0.25) is 0 Å². The lowest BCUT2D eigenvalue weighted by Gasteiger charge is -2.19. The average Bonchev–Trinajstić information content (AvgIpc) is 2.71. The molecule has 4 heteroatoms. The highest BCUT2D eigenvalue weighted by atomic mass is 79.9. The van der Waals surface area contributed by atoms with E-state index in [1.807, 2.05) is 12.1 Å². The van der Waals surface area contributed by atoms with Crippen LogP contribution >= 0.6 is 15.9 Å². The van der Waals surface area contributed by atoms with Gasteiger partial charge in [0.25, 0.3) is 0 Å². The highest BCUT2D eigenvalue weighted by Crippen LogP contribution is 2.25. The van der Waals surface area contributed by atoms with E-state index in [1.165, 1.54) is 6.07 Å². The molecule has 0 saturated carbocycles. The molecule has 1 aliphatic heterocycles. The number of hydrogen-bond donors (Lipinski definition) is 1. The van der Waals surface area contributed by atoms with Crippen LogP contribution in [-0.2, 0) is 0 Å².